The molecule has 0 saturated heterocycles. The highest BCUT2D eigenvalue weighted by atomic mass is 16.2. The van der Waals surface area contributed by atoms with Gasteiger partial charge < -0.3 is 10.2 Å². The normalized spacial score (nSPS) is 13.1. The maximum atomic E-state index is 11.7. The van der Waals surface area contributed by atoms with Crippen molar-refractivity contribution in [3.63, 3.8) is 0 Å². The number of aldehydes is 1. The van der Waals surface area contributed by atoms with Gasteiger partial charge in [-0.05, 0) is 18.4 Å². The van der Waals surface area contributed by atoms with E-state index in [1.807, 2.05) is 13.8 Å². The van der Waals surface area contributed by atoms with Gasteiger partial charge in [0.25, 0.3) is 0 Å². The summed E-state index contributed by atoms with van der Waals surface area (Å²) in [4.78, 5) is 34.0. The maximum Gasteiger partial charge on any atom is 0.242 e. The summed E-state index contributed by atoms with van der Waals surface area (Å²) in [7, 11) is 1.66. The van der Waals surface area contributed by atoms with E-state index in [1.54, 1.807) is 20.0 Å². The first-order valence-electron chi connectivity index (χ1n) is 5.50. The Morgan fingerprint density at radius 2 is 1.94 bits per heavy atom. The average molecular weight is 240 g/mol. The fourth-order valence-corrected chi connectivity index (χ4v) is 1.48. The lowest BCUT2D eigenvalue weighted by molar-refractivity contribution is -0.131. The summed E-state index contributed by atoms with van der Waals surface area (Å²) in [5, 5.41) is 2.33. The van der Waals surface area contributed by atoms with E-state index in [2.05, 4.69) is 5.32 Å². The van der Waals surface area contributed by atoms with Gasteiger partial charge >= 0.3 is 0 Å². The van der Waals surface area contributed by atoms with Crippen molar-refractivity contribution in [1.29, 1.82) is 0 Å². The minimum Gasteiger partial charge on any atom is -0.350 e. The van der Waals surface area contributed by atoms with E-state index in [1.165, 1.54) is 4.90 Å². The van der Waals surface area contributed by atoms with Gasteiger partial charge in [0.2, 0.25) is 12.3 Å². The molecule has 96 valence electrons. The lowest BCUT2D eigenvalue weighted by Crippen LogP contribution is -2.43. The van der Waals surface area contributed by atoms with Crippen molar-refractivity contribution in [3.05, 3.63) is 11.6 Å². The van der Waals surface area contributed by atoms with Gasteiger partial charge in [-0.3, -0.25) is 14.4 Å². The Bertz CT molecular complexity index is 311. The van der Waals surface area contributed by atoms with E-state index in [4.69, 9.17) is 0 Å². The molecule has 0 radical (unpaired) electrons. The third kappa shape index (κ3) is 5.29. The highest BCUT2D eigenvalue weighted by molar-refractivity contribution is 5.80. The Kier molecular flexibility index (Phi) is 6.86. The zero-order valence-corrected chi connectivity index (χ0v) is 10.8. The Hall–Kier alpha value is -1.65. The van der Waals surface area contributed by atoms with Crippen LogP contribution in [0.2, 0.25) is 0 Å². The van der Waals surface area contributed by atoms with Crippen molar-refractivity contribution >= 4 is 18.6 Å². The van der Waals surface area contributed by atoms with Gasteiger partial charge in [-0.25, -0.2) is 0 Å². The standard InChI is InChI=1S/C12H20N2O3/c1-9(2)11(5-10(3)7-15)14(4)12(17)6-13-8-16/h5,7-9,11H,6H2,1-4H3,(H,13,16)/b10-5+. The smallest absolute Gasteiger partial charge is 0.242 e. The lowest BCUT2D eigenvalue weighted by atomic mass is 10.0. The number of amides is 2. The monoisotopic (exact) mass is 240 g/mol. The van der Waals surface area contributed by atoms with E-state index in [0.717, 1.165) is 6.29 Å². The molecule has 0 saturated carbocycles. The predicted octanol–water partition coefficient (Wildman–Crippen LogP) is 0.361. The molecule has 0 aromatic heterocycles. The number of nitrogens with one attached hydrogen (secondary N) is 1. The molecule has 0 rings (SSSR count). The zero-order chi connectivity index (χ0) is 13.4. The van der Waals surface area contributed by atoms with E-state index in [0.29, 0.717) is 12.0 Å². The predicted molar refractivity (Wildman–Crippen MR) is 65.3 cm³/mol. The fraction of sp³-hybridized carbons (Fsp3) is 0.583. The van der Waals surface area contributed by atoms with Crippen LogP contribution in [0.25, 0.3) is 0 Å². The van der Waals surface area contributed by atoms with Crippen LogP contribution in [0.3, 0.4) is 0 Å². The molecule has 1 unspecified atom stereocenters. The summed E-state index contributed by atoms with van der Waals surface area (Å²) in [5.74, 6) is 0.000769. The molecule has 0 heterocycles. The summed E-state index contributed by atoms with van der Waals surface area (Å²) in [6.45, 7) is 5.61. The van der Waals surface area contributed by atoms with E-state index in [9.17, 15) is 14.4 Å². The van der Waals surface area contributed by atoms with Gasteiger partial charge in [0.15, 0.2) is 0 Å². The lowest BCUT2D eigenvalue weighted by Gasteiger charge is -2.29. The third-order valence-corrected chi connectivity index (χ3v) is 2.48. The molecule has 0 aromatic carbocycles. The molecule has 5 nitrogen and oxygen atoms in total. The van der Waals surface area contributed by atoms with Crippen LogP contribution >= 0.6 is 0 Å². The molecule has 0 aliphatic carbocycles. The second-order valence-corrected chi connectivity index (χ2v) is 4.27. The molecule has 2 amide bonds. The van der Waals surface area contributed by atoms with Crippen LogP contribution in [0.5, 0.6) is 0 Å². The molecule has 0 spiro atoms. The summed E-state index contributed by atoms with van der Waals surface area (Å²) >= 11 is 0. The third-order valence-electron chi connectivity index (χ3n) is 2.48. The first-order chi connectivity index (χ1) is 7.93. The molecular weight excluding hydrogens is 220 g/mol. The number of carbonyl (C=O) groups is 3. The van der Waals surface area contributed by atoms with Crippen LogP contribution in [0.1, 0.15) is 20.8 Å². The number of hydrogen-bond donors (Lipinski definition) is 1. The molecule has 0 fully saturated rings. The van der Waals surface area contributed by atoms with Crippen molar-refractivity contribution in [2.75, 3.05) is 13.6 Å². The average Bonchev–Trinajstić information content (AvgIpc) is 2.31. The van der Waals surface area contributed by atoms with Gasteiger partial charge in [-0.1, -0.05) is 19.9 Å². The molecule has 0 aromatic rings. The molecule has 5 heteroatoms. The summed E-state index contributed by atoms with van der Waals surface area (Å²) in [6, 6.07) is -0.152. The van der Waals surface area contributed by atoms with Crippen molar-refractivity contribution in [2.45, 2.75) is 26.8 Å². The van der Waals surface area contributed by atoms with Crippen molar-refractivity contribution in [2.24, 2.45) is 5.92 Å². The highest BCUT2D eigenvalue weighted by Gasteiger charge is 2.20. The van der Waals surface area contributed by atoms with E-state index in [-0.39, 0.29) is 24.4 Å². The van der Waals surface area contributed by atoms with Crippen molar-refractivity contribution in [1.82, 2.24) is 10.2 Å². The summed E-state index contributed by atoms with van der Waals surface area (Å²) in [6.07, 6.45) is 3.01. The van der Waals surface area contributed by atoms with Crippen LogP contribution in [-0.2, 0) is 14.4 Å². The quantitative estimate of drug-likeness (QED) is 0.516. The topological polar surface area (TPSA) is 66.5 Å². The van der Waals surface area contributed by atoms with Gasteiger partial charge in [0, 0.05) is 7.05 Å². The number of rotatable bonds is 7. The Balaban J connectivity index is 4.76. The largest absolute Gasteiger partial charge is 0.350 e. The van der Waals surface area contributed by atoms with Crippen LogP contribution in [0, 0.1) is 5.92 Å². The minimum absolute atomic E-state index is 0.0306. The van der Waals surface area contributed by atoms with Crippen LogP contribution in [-0.4, -0.2) is 43.1 Å². The SMILES string of the molecule is C/C(C=O)=C\C(C(C)C)N(C)C(=O)CNC=O. The Morgan fingerprint density at radius 1 is 1.35 bits per heavy atom. The van der Waals surface area contributed by atoms with Gasteiger partial charge in [-0.2, -0.15) is 0 Å². The molecule has 17 heavy (non-hydrogen) atoms. The van der Waals surface area contributed by atoms with Crippen LogP contribution in [0.15, 0.2) is 11.6 Å². The second kappa shape index (κ2) is 7.60. The van der Waals surface area contributed by atoms with Crippen LogP contribution in [0.4, 0.5) is 0 Å². The Morgan fingerprint density at radius 3 is 2.35 bits per heavy atom. The van der Waals surface area contributed by atoms with Crippen LogP contribution < -0.4 is 5.32 Å². The number of hydrogen-bond acceptors (Lipinski definition) is 3. The number of nitrogens with zero attached hydrogens (tertiary/aromatic N) is 1. The summed E-state index contributed by atoms with van der Waals surface area (Å²) in [5.41, 5.74) is 0.590. The van der Waals surface area contributed by atoms with Gasteiger partial charge in [0.1, 0.15) is 6.29 Å². The van der Waals surface area contributed by atoms with Crippen molar-refractivity contribution < 1.29 is 14.4 Å². The molecule has 0 bridgehead atoms. The number of allylic oxidation sites excluding steroid dienone is 1. The zero-order valence-electron chi connectivity index (χ0n) is 10.8. The van der Waals surface area contributed by atoms with E-state index < -0.39 is 0 Å². The molecular formula is C12H20N2O3. The maximum absolute atomic E-state index is 11.7. The van der Waals surface area contributed by atoms with E-state index >= 15 is 0 Å². The number of likely N-dealkylation sites (N-methyl/N-ethyl adjacent to an activating group) is 1. The second-order valence-electron chi connectivity index (χ2n) is 4.27. The fourth-order valence-electron chi connectivity index (χ4n) is 1.48. The molecule has 1 N–H and O–H groups in total. The summed E-state index contributed by atoms with van der Waals surface area (Å²) < 4.78 is 0. The molecule has 1 atom stereocenters. The molecule has 0 aliphatic rings. The molecule has 0 aliphatic heterocycles. The first-order valence-corrected chi connectivity index (χ1v) is 5.50. The Labute approximate surface area is 102 Å². The highest BCUT2D eigenvalue weighted by Crippen LogP contribution is 2.12. The minimum atomic E-state index is -0.189. The van der Waals surface area contributed by atoms with Gasteiger partial charge in [-0.15, -0.1) is 0 Å². The number of carbonyl (C=O) groups excluding carboxylic acids is 3. The van der Waals surface area contributed by atoms with Crippen molar-refractivity contribution in [3.8, 4) is 0 Å². The van der Waals surface area contributed by atoms with Gasteiger partial charge in [0.05, 0.1) is 12.6 Å². The first kappa shape index (κ1) is 15.3.